The van der Waals surface area contributed by atoms with Crippen LogP contribution in [0.1, 0.15) is 42.5 Å². The van der Waals surface area contributed by atoms with E-state index >= 15 is 0 Å². The number of nitrogens with zero attached hydrogens (tertiary/aromatic N) is 1. The van der Waals surface area contributed by atoms with E-state index in [-0.39, 0.29) is 5.91 Å². The number of hydrogen-bond acceptors (Lipinski definition) is 1. The first-order chi connectivity index (χ1) is 8.75. The highest BCUT2D eigenvalue weighted by Crippen LogP contribution is 2.36. The summed E-state index contributed by atoms with van der Waals surface area (Å²) < 4.78 is 1.02. The zero-order valence-electron chi connectivity index (χ0n) is 10.4. The first-order valence-electron chi connectivity index (χ1n) is 6.82. The van der Waals surface area contributed by atoms with E-state index in [0.717, 1.165) is 22.5 Å². The number of benzene rings is 1. The van der Waals surface area contributed by atoms with Crippen molar-refractivity contribution in [2.75, 3.05) is 6.54 Å². The molecule has 0 N–H and O–H groups in total. The zero-order chi connectivity index (χ0) is 12.5. The topological polar surface area (TPSA) is 20.3 Å². The maximum atomic E-state index is 12.5. The predicted molar refractivity (Wildman–Crippen MR) is 75.5 cm³/mol. The number of likely N-dealkylation sites (tertiary alicyclic amines) is 1. The molecule has 1 saturated carbocycles. The van der Waals surface area contributed by atoms with Gasteiger partial charge in [0, 0.05) is 22.6 Å². The molecule has 1 aromatic carbocycles. The molecule has 2 aliphatic rings. The van der Waals surface area contributed by atoms with Crippen LogP contribution in [0.15, 0.2) is 28.7 Å². The van der Waals surface area contributed by atoms with Gasteiger partial charge in [0.15, 0.2) is 0 Å². The third-order valence-electron chi connectivity index (χ3n) is 4.36. The van der Waals surface area contributed by atoms with Crippen molar-refractivity contribution in [1.29, 1.82) is 0 Å². The van der Waals surface area contributed by atoms with Gasteiger partial charge in [0.1, 0.15) is 0 Å². The van der Waals surface area contributed by atoms with Crippen LogP contribution in [0.3, 0.4) is 0 Å². The molecule has 2 fully saturated rings. The van der Waals surface area contributed by atoms with Gasteiger partial charge in [-0.1, -0.05) is 28.8 Å². The van der Waals surface area contributed by atoms with Crippen molar-refractivity contribution in [2.24, 2.45) is 5.92 Å². The molecule has 0 spiro atoms. The van der Waals surface area contributed by atoms with E-state index < -0.39 is 0 Å². The Morgan fingerprint density at radius 3 is 2.61 bits per heavy atom. The summed E-state index contributed by atoms with van der Waals surface area (Å²) in [6.45, 7) is 0.949. The summed E-state index contributed by atoms with van der Waals surface area (Å²) in [5.74, 6) is 0.982. The average molecular weight is 308 g/mol. The Morgan fingerprint density at radius 2 is 1.83 bits per heavy atom. The fourth-order valence-electron chi connectivity index (χ4n) is 3.42. The lowest BCUT2D eigenvalue weighted by Crippen LogP contribution is -2.39. The van der Waals surface area contributed by atoms with Gasteiger partial charge in [-0.2, -0.15) is 0 Å². The van der Waals surface area contributed by atoms with Crippen LogP contribution in [0, 0.1) is 5.92 Å². The van der Waals surface area contributed by atoms with Crippen LogP contribution >= 0.6 is 15.9 Å². The maximum absolute atomic E-state index is 12.5. The largest absolute Gasteiger partial charge is 0.335 e. The minimum absolute atomic E-state index is 0.219. The van der Waals surface area contributed by atoms with Gasteiger partial charge in [-0.15, -0.1) is 0 Å². The fraction of sp³-hybridized carbons (Fsp3) is 0.533. The van der Waals surface area contributed by atoms with Crippen molar-refractivity contribution >= 4 is 21.8 Å². The predicted octanol–water partition coefficient (Wildman–Crippen LogP) is 3.85. The van der Waals surface area contributed by atoms with Crippen molar-refractivity contribution in [2.45, 2.75) is 38.1 Å². The maximum Gasteiger partial charge on any atom is 0.254 e. The summed E-state index contributed by atoms with van der Waals surface area (Å²) in [7, 11) is 0. The van der Waals surface area contributed by atoms with E-state index in [1.54, 1.807) is 0 Å². The number of fused-ring (bicyclic) bond motifs is 1. The summed E-state index contributed by atoms with van der Waals surface area (Å²) in [6.07, 6.45) is 6.35. The van der Waals surface area contributed by atoms with Crippen LogP contribution in [-0.2, 0) is 0 Å². The van der Waals surface area contributed by atoms with Gasteiger partial charge in [0.25, 0.3) is 5.91 Å². The normalized spacial score (nSPS) is 27.1. The Bertz CT molecular complexity index is 442. The second-order valence-corrected chi connectivity index (χ2v) is 6.32. The lowest BCUT2D eigenvalue weighted by molar-refractivity contribution is 0.0690. The van der Waals surface area contributed by atoms with Gasteiger partial charge in [-0.05, 0) is 49.4 Å². The Hall–Kier alpha value is -0.830. The highest BCUT2D eigenvalue weighted by molar-refractivity contribution is 9.10. The summed E-state index contributed by atoms with van der Waals surface area (Å²) in [5.41, 5.74) is 0.824. The fourth-order valence-corrected chi connectivity index (χ4v) is 3.68. The number of halogens is 1. The van der Waals surface area contributed by atoms with E-state index in [9.17, 15) is 4.79 Å². The Balaban J connectivity index is 1.78. The van der Waals surface area contributed by atoms with Gasteiger partial charge in [0.05, 0.1) is 0 Å². The van der Waals surface area contributed by atoms with Crippen molar-refractivity contribution < 1.29 is 4.79 Å². The second-order valence-electron chi connectivity index (χ2n) is 5.41. The molecule has 3 rings (SSSR count). The Labute approximate surface area is 116 Å². The molecule has 0 aromatic heterocycles. The number of amides is 1. The monoisotopic (exact) mass is 307 g/mol. The van der Waals surface area contributed by atoms with Crippen LogP contribution < -0.4 is 0 Å². The molecule has 96 valence electrons. The van der Waals surface area contributed by atoms with Crippen LogP contribution in [0.4, 0.5) is 0 Å². The van der Waals surface area contributed by atoms with Crippen molar-refractivity contribution in [3.05, 3.63) is 34.3 Å². The van der Waals surface area contributed by atoms with Gasteiger partial charge >= 0.3 is 0 Å². The van der Waals surface area contributed by atoms with E-state index in [1.807, 2.05) is 24.3 Å². The smallest absolute Gasteiger partial charge is 0.254 e. The summed E-state index contributed by atoms with van der Waals surface area (Å²) >= 11 is 3.41. The van der Waals surface area contributed by atoms with Crippen molar-refractivity contribution in [3.63, 3.8) is 0 Å². The molecule has 1 aliphatic carbocycles. The molecule has 2 unspecified atom stereocenters. The molecule has 1 aliphatic heterocycles. The lowest BCUT2D eigenvalue weighted by Gasteiger charge is -2.31. The van der Waals surface area contributed by atoms with Gasteiger partial charge in [0.2, 0.25) is 0 Å². The molecule has 0 radical (unpaired) electrons. The Morgan fingerprint density at radius 1 is 1.11 bits per heavy atom. The number of carbonyl (C=O) groups excluding carboxylic acids is 1. The third kappa shape index (κ3) is 2.20. The first kappa shape index (κ1) is 12.2. The number of carbonyl (C=O) groups is 1. The quantitative estimate of drug-likeness (QED) is 0.771. The molecule has 1 saturated heterocycles. The molecular weight excluding hydrogens is 290 g/mol. The number of hydrogen-bond donors (Lipinski definition) is 0. The van der Waals surface area contributed by atoms with Crippen LogP contribution in [0.5, 0.6) is 0 Å². The SMILES string of the molecule is O=C(c1ccc(Br)cc1)N1CCC2CCCCC21. The molecule has 0 bridgehead atoms. The standard InChI is InChI=1S/C15H18BrNO/c16-13-7-5-12(6-8-13)15(18)17-10-9-11-3-1-2-4-14(11)17/h5-8,11,14H,1-4,9-10H2. The third-order valence-corrected chi connectivity index (χ3v) is 4.89. The summed E-state index contributed by atoms with van der Waals surface area (Å²) in [5, 5.41) is 0. The molecule has 2 atom stereocenters. The minimum atomic E-state index is 0.219. The molecule has 2 nitrogen and oxygen atoms in total. The van der Waals surface area contributed by atoms with Gasteiger partial charge in [-0.3, -0.25) is 4.79 Å². The van der Waals surface area contributed by atoms with Gasteiger partial charge in [-0.25, -0.2) is 0 Å². The molecule has 3 heteroatoms. The van der Waals surface area contributed by atoms with Crippen LogP contribution in [0.2, 0.25) is 0 Å². The van der Waals surface area contributed by atoms with Crippen LogP contribution in [0.25, 0.3) is 0 Å². The highest BCUT2D eigenvalue weighted by atomic mass is 79.9. The van der Waals surface area contributed by atoms with Gasteiger partial charge < -0.3 is 4.90 Å². The molecule has 18 heavy (non-hydrogen) atoms. The second kappa shape index (κ2) is 5.04. The average Bonchev–Trinajstić information content (AvgIpc) is 2.82. The minimum Gasteiger partial charge on any atom is -0.335 e. The summed E-state index contributed by atoms with van der Waals surface area (Å²) in [6, 6.07) is 8.24. The summed E-state index contributed by atoms with van der Waals surface area (Å²) in [4.78, 5) is 14.6. The molecule has 1 aromatic rings. The molecule has 1 heterocycles. The van der Waals surface area contributed by atoms with Crippen LogP contribution in [-0.4, -0.2) is 23.4 Å². The lowest BCUT2D eigenvalue weighted by atomic mass is 9.85. The van der Waals surface area contributed by atoms with Crippen molar-refractivity contribution in [3.8, 4) is 0 Å². The van der Waals surface area contributed by atoms with Crippen molar-refractivity contribution in [1.82, 2.24) is 4.90 Å². The van der Waals surface area contributed by atoms with E-state index in [1.165, 1.54) is 32.1 Å². The first-order valence-corrected chi connectivity index (χ1v) is 7.61. The van der Waals surface area contributed by atoms with E-state index in [0.29, 0.717) is 6.04 Å². The Kier molecular flexibility index (Phi) is 3.42. The number of rotatable bonds is 1. The zero-order valence-corrected chi connectivity index (χ0v) is 12.0. The molecule has 1 amide bonds. The van der Waals surface area contributed by atoms with E-state index in [4.69, 9.17) is 0 Å². The molecular formula is C15H18BrNO. The highest BCUT2D eigenvalue weighted by Gasteiger charge is 2.38. The van der Waals surface area contributed by atoms with E-state index in [2.05, 4.69) is 20.8 Å².